The number of rotatable bonds is 4. The van der Waals surface area contributed by atoms with Crippen LogP contribution in [0.25, 0.3) is 78.7 Å². The molecule has 0 fully saturated rings. The van der Waals surface area contributed by atoms with Gasteiger partial charge < -0.3 is 9.97 Å². The summed E-state index contributed by atoms with van der Waals surface area (Å²) in [5.74, 6) is 0. The van der Waals surface area contributed by atoms with Crippen LogP contribution in [0.4, 0.5) is 0 Å². The average Bonchev–Trinajstić information content (AvgIpc) is 3.98. The van der Waals surface area contributed by atoms with Crippen LogP contribution in [-0.4, -0.2) is 19.9 Å². The molecular weight excluding hydrogens is 633 g/mol. The molecule has 2 aliphatic heterocycles. The van der Waals surface area contributed by atoms with Crippen LogP contribution in [0, 0.1) is 0 Å². The first-order valence-corrected chi connectivity index (χ1v) is 18.0. The maximum absolute atomic E-state index is 5.77. The molecule has 0 aliphatic carbocycles. The fourth-order valence-electron chi connectivity index (χ4n) is 7.88. The Labute approximate surface area is 304 Å². The van der Waals surface area contributed by atoms with Crippen molar-refractivity contribution in [3.63, 3.8) is 0 Å². The van der Waals surface area contributed by atoms with Gasteiger partial charge in [0.15, 0.2) is 0 Å². The molecule has 52 heavy (non-hydrogen) atoms. The van der Waals surface area contributed by atoms with Crippen molar-refractivity contribution >= 4 is 34.2 Å². The number of hydrogen-bond acceptors (Lipinski definition) is 2. The highest BCUT2D eigenvalue weighted by Crippen LogP contribution is 2.52. The predicted octanol–water partition coefficient (Wildman–Crippen LogP) is 12.4. The quantitative estimate of drug-likeness (QED) is 0.195. The molecule has 0 saturated carbocycles. The zero-order chi connectivity index (χ0) is 35.5. The maximum atomic E-state index is 5.77. The summed E-state index contributed by atoms with van der Waals surface area (Å²) < 4.78 is 0. The summed E-state index contributed by atoms with van der Waals surface area (Å²) in [7, 11) is 0. The summed E-state index contributed by atoms with van der Waals surface area (Å²) in [6.07, 6.45) is 4.31. The van der Waals surface area contributed by atoms with E-state index in [1.54, 1.807) is 0 Å². The topological polar surface area (TPSA) is 57.4 Å². The summed E-state index contributed by atoms with van der Waals surface area (Å²) in [4.78, 5) is 19.0. The number of nitrogens with zero attached hydrogens (tertiary/aromatic N) is 2. The fraction of sp³-hybridized carbons (Fsp3) is 0.125. The lowest BCUT2D eigenvalue weighted by Gasteiger charge is -2.36. The van der Waals surface area contributed by atoms with E-state index >= 15 is 0 Å². The summed E-state index contributed by atoms with van der Waals surface area (Å²) in [5, 5.41) is 0. The molecule has 5 heterocycles. The van der Waals surface area contributed by atoms with Gasteiger partial charge in [0.1, 0.15) is 0 Å². The van der Waals surface area contributed by atoms with Crippen molar-refractivity contribution in [1.29, 1.82) is 0 Å². The highest BCUT2D eigenvalue weighted by atomic mass is 14.9. The molecule has 0 radical (unpaired) electrons. The standard InChI is InChI=1S/C48H40N4/c1-47(2)45-43(33-21-13-7-14-22-33)39-29-27-37(50-39)41(31-17-9-5-10-18-31)35-25-26-36(49-35)42(32-19-11-6-12-20-32)38-28-30-40(51-38)44(34-23-15-8-16-24-34)46(52-45)48(47,3)4/h5-30,50-51H,1-4H3. The third kappa shape index (κ3) is 5.05. The van der Waals surface area contributed by atoms with E-state index in [0.717, 1.165) is 89.4 Å². The van der Waals surface area contributed by atoms with Gasteiger partial charge in [0.25, 0.3) is 0 Å². The van der Waals surface area contributed by atoms with Crippen LogP contribution < -0.4 is 0 Å². The van der Waals surface area contributed by atoms with Crippen LogP contribution in [0.1, 0.15) is 50.5 Å². The molecule has 2 N–H and O–H groups in total. The van der Waals surface area contributed by atoms with Crippen LogP contribution >= 0.6 is 0 Å². The molecule has 0 spiro atoms. The normalized spacial score (nSPS) is 14.4. The summed E-state index contributed by atoms with van der Waals surface area (Å²) in [6.45, 7) is 9.39. The molecule has 3 aromatic heterocycles. The van der Waals surface area contributed by atoms with Crippen LogP contribution in [0.15, 0.2) is 146 Å². The van der Waals surface area contributed by atoms with E-state index in [4.69, 9.17) is 9.97 Å². The van der Waals surface area contributed by atoms with Crippen molar-refractivity contribution in [3.8, 4) is 44.5 Å². The molecule has 4 aromatic carbocycles. The highest BCUT2D eigenvalue weighted by molar-refractivity contribution is 5.97. The molecule has 9 rings (SSSR count). The number of aromatic amines is 2. The Morgan fingerprint density at radius 2 is 0.635 bits per heavy atom. The molecule has 0 unspecified atom stereocenters. The Balaban J connectivity index is 1.54. The van der Waals surface area contributed by atoms with Crippen LogP contribution in [0.5, 0.6) is 0 Å². The largest absolute Gasteiger partial charge is 0.354 e. The predicted molar refractivity (Wildman–Crippen MR) is 218 cm³/mol. The van der Waals surface area contributed by atoms with Crippen molar-refractivity contribution < 1.29 is 0 Å². The second-order valence-corrected chi connectivity index (χ2v) is 14.8. The lowest BCUT2D eigenvalue weighted by atomic mass is 9.64. The van der Waals surface area contributed by atoms with Gasteiger partial charge in [-0.3, -0.25) is 4.98 Å². The second-order valence-electron chi connectivity index (χ2n) is 14.8. The van der Waals surface area contributed by atoms with Crippen LogP contribution in [0.3, 0.4) is 0 Å². The Bertz CT molecular complexity index is 2460. The van der Waals surface area contributed by atoms with E-state index in [9.17, 15) is 0 Å². The van der Waals surface area contributed by atoms with Gasteiger partial charge in [-0.05, 0) is 58.7 Å². The van der Waals surface area contributed by atoms with Crippen LogP contribution in [-0.2, 0) is 10.8 Å². The third-order valence-corrected chi connectivity index (χ3v) is 11.3. The van der Waals surface area contributed by atoms with Gasteiger partial charge in [-0.15, -0.1) is 0 Å². The van der Waals surface area contributed by atoms with Crippen molar-refractivity contribution in [1.82, 2.24) is 19.9 Å². The Morgan fingerprint density at radius 3 is 0.962 bits per heavy atom. The molecule has 8 bridgehead atoms. The molecule has 4 heteroatoms. The monoisotopic (exact) mass is 672 g/mol. The van der Waals surface area contributed by atoms with Gasteiger partial charge in [-0.1, -0.05) is 149 Å². The van der Waals surface area contributed by atoms with E-state index in [2.05, 4.69) is 195 Å². The molecule has 252 valence electrons. The molecule has 4 nitrogen and oxygen atoms in total. The van der Waals surface area contributed by atoms with E-state index in [1.807, 2.05) is 0 Å². The average molecular weight is 673 g/mol. The van der Waals surface area contributed by atoms with Gasteiger partial charge in [-0.2, -0.15) is 0 Å². The second kappa shape index (κ2) is 12.2. The lowest BCUT2D eigenvalue weighted by Crippen LogP contribution is -2.36. The minimum absolute atomic E-state index is 0.336. The van der Waals surface area contributed by atoms with E-state index in [1.165, 1.54) is 0 Å². The van der Waals surface area contributed by atoms with Crippen molar-refractivity contribution in [2.45, 2.75) is 38.5 Å². The number of hydrogen-bond donors (Lipinski definition) is 2. The first kappa shape index (κ1) is 31.7. The summed E-state index contributed by atoms with van der Waals surface area (Å²) >= 11 is 0. The molecule has 0 amide bonds. The number of benzene rings is 4. The first-order chi connectivity index (χ1) is 25.3. The molecule has 7 aromatic rings. The zero-order valence-corrected chi connectivity index (χ0v) is 29.9. The number of nitrogens with one attached hydrogen (secondary N) is 2. The Hall–Kier alpha value is -6.26. The van der Waals surface area contributed by atoms with Crippen LogP contribution in [0.2, 0.25) is 0 Å². The molecular formula is C48H40N4. The minimum atomic E-state index is -0.336. The van der Waals surface area contributed by atoms with Crippen molar-refractivity contribution in [2.75, 3.05) is 0 Å². The van der Waals surface area contributed by atoms with Gasteiger partial charge in [0.2, 0.25) is 0 Å². The van der Waals surface area contributed by atoms with Crippen molar-refractivity contribution in [2.24, 2.45) is 0 Å². The van der Waals surface area contributed by atoms with E-state index in [-0.39, 0.29) is 10.8 Å². The third-order valence-electron chi connectivity index (χ3n) is 11.3. The lowest BCUT2D eigenvalue weighted by molar-refractivity contribution is 0.323. The number of H-pyrrole nitrogens is 2. The number of aromatic nitrogens is 4. The SMILES string of the molecule is CC1(C)c2nc(c(-c3ccccc3)c3ccc([nH]3)c(-c3ccccc3)c3nc(c(-c4ccccc4)c4ccc([nH]4)c2-c2ccccc2)C=C3)C1(C)C. The Kier molecular flexibility index (Phi) is 7.44. The zero-order valence-electron chi connectivity index (χ0n) is 29.9. The van der Waals surface area contributed by atoms with Crippen molar-refractivity contribution in [3.05, 3.63) is 168 Å². The Morgan fingerprint density at radius 1 is 0.346 bits per heavy atom. The van der Waals surface area contributed by atoms with Gasteiger partial charge in [-0.25, -0.2) is 4.98 Å². The number of fused-ring (bicyclic) bond motifs is 8. The molecule has 0 saturated heterocycles. The van der Waals surface area contributed by atoms with E-state index < -0.39 is 0 Å². The molecule has 2 aliphatic rings. The first-order valence-electron chi connectivity index (χ1n) is 18.0. The fourth-order valence-corrected chi connectivity index (χ4v) is 7.88. The van der Waals surface area contributed by atoms with Gasteiger partial charge in [0.05, 0.1) is 22.8 Å². The van der Waals surface area contributed by atoms with Gasteiger partial charge >= 0.3 is 0 Å². The minimum Gasteiger partial charge on any atom is -0.354 e. The summed E-state index contributed by atoms with van der Waals surface area (Å²) in [5.41, 5.74) is 16.1. The molecule has 0 atom stereocenters. The smallest absolute Gasteiger partial charge is 0.0737 e. The van der Waals surface area contributed by atoms with Gasteiger partial charge in [0, 0.05) is 55.2 Å². The maximum Gasteiger partial charge on any atom is 0.0737 e. The summed E-state index contributed by atoms with van der Waals surface area (Å²) in [6, 6.07) is 51.4. The van der Waals surface area contributed by atoms with E-state index in [0.29, 0.717) is 0 Å². The highest BCUT2D eigenvalue weighted by Gasteiger charge is 2.49.